The van der Waals surface area contributed by atoms with Gasteiger partial charge in [0.25, 0.3) is 5.91 Å². The van der Waals surface area contributed by atoms with Gasteiger partial charge in [-0.1, -0.05) is 24.3 Å². The molecule has 0 fully saturated rings. The van der Waals surface area contributed by atoms with Gasteiger partial charge in [-0.25, -0.2) is 0 Å². The Morgan fingerprint density at radius 2 is 1.95 bits per heavy atom. The van der Waals surface area contributed by atoms with E-state index in [4.69, 9.17) is 0 Å². The number of hydrogen-bond donors (Lipinski definition) is 1. The van der Waals surface area contributed by atoms with Crippen LogP contribution in [0.15, 0.2) is 42.6 Å². The van der Waals surface area contributed by atoms with E-state index in [2.05, 4.69) is 16.4 Å². The largest absolute Gasteiger partial charge is 0.352 e. The summed E-state index contributed by atoms with van der Waals surface area (Å²) < 4.78 is 0. The fourth-order valence-corrected chi connectivity index (χ4v) is 1.99. The molecule has 0 spiro atoms. The maximum Gasteiger partial charge on any atom is 0.251 e. The van der Waals surface area contributed by atoms with Crippen molar-refractivity contribution in [1.82, 2.24) is 10.3 Å². The summed E-state index contributed by atoms with van der Waals surface area (Å²) in [5.41, 5.74) is 4.07. The van der Waals surface area contributed by atoms with Crippen molar-refractivity contribution in [3.05, 3.63) is 65.0 Å². The molecule has 1 aromatic carbocycles. The Hall–Kier alpha value is -2.16. The lowest BCUT2D eigenvalue weighted by Gasteiger charge is -2.07. The van der Waals surface area contributed by atoms with Gasteiger partial charge in [0.05, 0.1) is 0 Å². The first-order valence-corrected chi connectivity index (χ1v) is 6.42. The van der Waals surface area contributed by atoms with Crippen LogP contribution in [0.5, 0.6) is 0 Å². The van der Waals surface area contributed by atoms with Crippen LogP contribution in [0.1, 0.15) is 27.2 Å². The molecule has 0 aliphatic heterocycles. The van der Waals surface area contributed by atoms with E-state index >= 15 is 0 Å². The summed E-state index contributed by atoms with van der Waals surface area (Å²) in [6.45, 7) is 4.68. The predicted octanol–water partition coefficient (Wildman–Crippen LogP) is 2.67. The topological polar surface area (TPSA) is 42.0 Å². The molecule has 0 saturated carbocycles. The minimum absolute atomic E-state index is 0.0367. The second-order valence-corrected chi connectivity index (χ2v) is 4.65. The smallest absolute Gasteiger partial charge is 0.251 e. The average molecular weight is 254 g/mol. The zero-order chi connectivity index (χ0) is 13.7. The molecule has 0 aliphatic rings. The first-order chi connectivity index (χ1) is 9.16. The molecule has 1 amide bonds. The van der Waals surface area contributed by atoms with Crippen LogP contribution < -0.4 is 5.32 Å². The van der Waals surface area contributed by atoms with Crippen molar-refractivity contribution in [1.29, 1.82) is 0 Å². The third-order valence-electron chi connectivity index (χ3n) is 3.01. The van der Waals surface area contributed by atoms with Crippen LogP contribution in [0.2, 0.25) is 0 Å². The standard InChI is InChI=1S/C16H18N2O/c1-12-10-13(2)15(18-11-12)8-9-17-16(19)14-6-4-3-5-7-14/h3-7,10-11H,8-9H2,1-2H3,(H,17,19). The summed E-state index contributed by atoms with van der Waals surface area (Å²) in [6.07, 6.45) is 2.62. The molecule has 1 aromatic heterocycles. The van der Waals surface area contributed by atoms with Crippen molar-refractivity contribution in [2.45, 2.75) is 20.3 Å². The molecule has 2 rings (SSSR count). The number of aromatic nitrogens is 1. The van der Waals surface area contributed by atoms with Gasteiger partial charge in [0.15, 0.2) is 0 Å². The Balaban J connectivity index is 1.88. The molecule has 0 saturated heterocycles. The predicted molar refractivity (Wildman–Crippen MR) is 76.2 cm³/mol. The molecule has 0 atom stereocenters. The Bertz CT molecular complexity index is 564. The number of nitrogens with one attached hydrogen (secondary N) is 1. The number of pyridine rings is 1. The molecule has 0 bridgehead atoms. The third kappa shape index (κ3) is 3.65. The van der Waals surface area contributed by atoms with Crippen LogP contribution in [0.3, 0.4) is 0 Å². The average Bonchev–Trinajstić information content (AvgIpc) is 2.42. The van der Waals surface area contributed by atoms with Gasteiger partial charge >= 0.3 is 0 Å². The molecule has 3 nitrogen and oxygen atoms in total. The van der Waals surface area contributed by atoms with Crippen molar-refractivity contribution in [2.24, 2.45) is 0 Å². The van der Waals surface area contributed by atoms with Crippen LogP contribution in [0, 0.1) is 13.8 Å². The Labute approximate surface area is 113 Å². The van der Waals surface area contributed by atoms with Crippen LogP contribution >= 0.6 is 0 Å². The van der Waals surface area contributed by atoms with Gasteiger partial charge in [-0.15, -0.1) is 0 Å². The SMILES string of the molecule is Cc1cnc(CCNC(=O)c2ccccc2)c(C)c1. The summed E-state index contributed by atoms with van der Waals surface area (Å²) in [4.78, 5) is 16.2. The van der Waals surface area contributed by atoms with Crippen molar-refractivity contribution >= 4 is 5.91 Å². The maximum absolute atomic E-state index is 11.8. The fourth-order valence-electron chi connectivity index (χ4n) is 1.99. The molecular formula is C16H18N2O. The maximum atomic E-state index is 11.8. The molecule has 1 N–H and O–H groups in total. The Morgan fingerprint density at radius 3 is 2.63 bits per heavy atom. The van der Waals surface area contributed by atoms with Gasteiger partial charge in [-0.3, -0.25) is 9.78 Å². The van der Waals surface area contributed by atoms with E-state index < -0.39 is 0 Å². The summed E-state index contributed by atoms with van der Waals surface area (Å²) in [7, 11) is 0. The number of aryl methyl sites for hydroxylation is 2. The van der Waals surface area contributed by atoms with Crippen LogP contribution in [0.25, 0.3) is 0 Å². The van der Waals surface area contributed by atoms with E-state index in [1.807, 2.05) is 50.4 Å². The van der Waals surface area contributed by atoms with E-state index in [0.717, 1.165) is 17.7 Å². The number of carbonyl (C=O) groups excluding carboxylic acids is 1. The first kappa shape index (κ1) is 13.3. The number of rotatable bonds is 4. The molecule has 3 heteroatoms. The van der Waals surface area contributed by atoms with Gasteiger partial charge in [-0.2, -0.15) is 0 Å². The van der Waals surface area contributed by atoms with Crippen LogP contribution in [0.4, 0.5) is 0 Å². The highest BCUT2D eigenvalue weighted by atomic mass is 16.1. The second-order valence-electron chi connectivity index (χ2n) is 4.65. The highest BCUT2D eigenvalue weighted by Crippen LogP contribution is 2.07. The summed E-state index contributed by atoms with van der Waals surface area (Å²) >= 11 is 0. The summed E-state index contributed by atoms with van der Waals surface area (Å²) in [5, 5.41) is 2.91. The lowest BCUT2D eigenvalue weighted by atomic mass is 10.1. The number of benzene rings is 1. The quantitative estimate of drug-likeness (QED) is 0.911. The molecule has 19 heavy (non-hydrogen) atoms. The van der Waals surface area contributed by atoms with E-state index in [-0.39, 0.29) is 5.91 Å². The van der Waals surface area contributed by atoms with Gasteiger partial charge in [0, 0.05) is 30.4 Å². The van der Waals surface area contributed by atoms with Crippen molar-refractivity contribution in [3.8, 4) is 0 Å². The highest BCUT2D eigenvalue weighted by molar-refractivity contribution is 5.94. The molecule has 0 radical (unpaired) electrons. The Kier molecular flexibility index (Phi) is 4.29. The van der Waals surface area contributed by atoms with Gasteiger partial charge in [0.1, 0.15) is 0 Å². The number of hydrogen-bond acceptors (Lipinski definition) is 2. The normalized spacial score (nSPS) is 10.2. The fraction of sp³-hybridized carbons (Fsp3) is 0.250. The molecule has 2 aromatic rings. The van der Waals surface area contributed by atoms with E-state index in [0.29, 0.717) is 12.1 Å². The lowest BCUT2D eigenvalue weighted by molar-refractivity contribution is 0.0954. The lowest BCUT2D eigenvalue weighted by Crippen LogP contribution is -2.26. The first-order valence-electron chi connectivity index (χ1n) is 6.42. The number of carbonyl (C=O) groups is 1. The summed E-state index contributed by atoms with van der Waals surface area (Å²) in [5.74, 6) is -0.0367. The number of amides is 1. The number of nitrogens with zero attached hydrogens (tertiary/aromatic N) is 1. The third-order valence-corrected chi connectivity index (χ3v) is 3.01. The van der Waals surface area contributed by atoms with Crippen molar-refractivity contribution in [3.63, 3.8) is 0 Å². The molecule has 98 valence electrons. The minimum Gasteiger partial charge on any atom is -0.352 e. The van der Waals surface area contributed by atoms with Gasteiger partial charge in [0.2, 0.25) is 0 Å². The van der Waals surface area contributed by atoms with E-state index in [1.54, 1.807) is 0 Å². The van der Waals surface area contributed by atoms with Gasteiger partial charge in [-0.05, 0) is 37.1 Å². The van der Waals surface area contributed by atoms with Gasteiger partial charge < -0.3 is 5.32 Å². The monoisotopic (exact) mass is 254 g/mol. The molecule has 0 aliphatic carbocycles. The Morgan fingerprint density at radius 1 is 1.21 bits per heavy atom. The molecular weight excluding hydrogens is 236 g/mol. The zero-order valence-corrected chi connectivity index (χ0v) is 11.3. The highest BCUT2D eigenvalue weighted by Gasteiger charge is 2.05. The molecule has 1 heterocycles. The van der Waals surface area contributed by atoms with Crippen molar-refractivity contribution in [2.75, 3.05) is 6.54 Å². The van der Waals surface area contributed by atoms with Crippen LogP contribution in [-0.4, -0.2) is 17.4 Å². The minimum atomic E-state index is -0.0367. The molecule has 0 unspecified atom stereocenters. The second kappa shape index (κ2) is 6.14. The summed E-state index contributed by atoms with van der Waals surface area (Å²) in [6, 6.07) is 11.4. The van der Waals surface area contributed by atoms with Crippen molar-refractivity contribution < 1.29 is 4.79 Å². The van der Waals surface area contributed by atoms with E-state index in [1.165, 1.54) is 5.56 Å². The zero-order valence-electron chi connectivity index (χ0n) is 11.3. The van der Waals surface area contributed by atoms with E-state index in [9.17, 15) is 4.79 Å². The van der Waals surface area contributed by atoms with Crippen LogP contribution in [-0.2, 0) is 6.42 Å².